The highest BCUT2D eigenvalue weighted by atomic mass is 31.2. The predicted octanol–water partition coefficient (Wildman–Crippen LogP) is -0.389. The summed E-state index contributed by atoms with van der Waals surface area (Å²) in [6.45, 7) is -0.625. The number of nitrogens with zero attached hydrogens (tertiary/aromatic N) is 8. The number of aromatic amines is 1. The quantitative estimate of drug-likeness (QED) is 0.174. The highest BCUT2D eigenvalue weighted by molar-refractivity contribution is 7.40. The maximum absolute atomic E-state index is 15.9. The van der Waals surface area contributed by atoms with Crippen molar-refractivity contribution in [1.29, 1.82) is 0 Å². The van der Waals surface area contributed by atoms with E-state index in [9.17, 15) is 14.8 Å². The number of hydrogen-bond acceptors (Lipinski definition) is 16. The van der Waals surface area contributed by atoms with E-state index in [0.29, 0.717) is 0 Å². The molecule has 19 nitrogen and oxygen atoms in total. The molecule has 3 aliphatic rings. The van der Waals surface area contributed by atoms with Crippen LogP contribution in [0.5, 0.6) is 0 Å². The Kier molecular flexibility index (Phi) is 7.12. The molecule has 3 aliphatic heterocycles. The molecule has 44 heavy (non-hydrogen) atoms. The highest BCUT2D eigenvalue weighted by Crippen LogP contribution is 2.51. The third kappa shape index (κ3) is 4.74. The van der Waals surface area contributed by atoms with E-state index in [0.717, 1.165) is 21.9 Å². The monoisotopic (exact) mass is 645 g/mol. The molecule has 0 radical (unpaired) electrons. The number of nitrogen functional groups attached to an aromatic ring is 2. The molecule has 9 atom stereocenters. The van der Waals surface area contributed by atoms with Crippen LogP contribution >= 0.6 is 8.60 Å². The van der Waals surface area contributed by atoms with Gasteiger partial charge in [0.15, 0.2) is 53.1 Å². The first-order valence-corrected chi connectivity index (χ1v) is 14.1. The van der Waals surface area contributed by atoms with Crippen LogP contribution in [0.1, 0.15) is 25.3 Å². The van der Waals surface area contributed by atoms with Gasteiger partial charge in [0.25, 0.3) is 11.5 Å². The number of nitrogens with two attached hydrogens (primary N) is 2. The largest absolute Gasteiger partial charge is 0.382 e. The molecule has 0 aromatic carbocycles. The maximum Gasteiger partial charge on any atom is 0.330 e. The molecule has 0 saturated carbocycles. The lowest BCUT2D eigenvalue weighted by Gasteiger charge is -2.26. The number of hydrogen-bond donors (Lipinski definition) is 5. The van der Waals surface area contributed by atoms with Crippen molar-refractivity contribution in [3.05, 3.63) is 23.0 Å². The van der Waals surface area contributed by atoms with Crippen LogP contribution in [0.25, 0.3) is 22.3 Å². The van der Waals surface area contributed by atoms with Crippen molar-refractivity contribution in [2.75, 3.05) is 18.1 Å². The molecule has 23 heteroatoms. The van der Waals surface area contributed by atoms with Crippen LogP contribution in [0.4, 0.5) is 24.9 Å². The van der Waals surface area contributed by atoms with Crippen LogP contribution in [0.3, 0.4) is 0 Å². The third-order valence-corrected chi connectivity index (χ3v) is 8.31. The van der Waals surface area contributed by atoms with Gasteiger partial charge in [0.2, 0.25) is 12.2 Å². The number of nitrogens with one attached hydrogen (secondary N) is 1. The van der Waals surface area contributed by atoms with Crippen LogP contribution < -0.4 is 17.0 Å². The maximum atomic E-state index is 15.9. The van der Waals surface area contributed by atoms with Gasteiger partial charge in [-0.25, -0.2) is 28.1 Å². The third-order valence-electron chi connectivity index (χ3n) is 7.52. The minimum atomic E-state index is -3.63. The number of aliphatic hydroxyl groups excluding tert-OH is 1. The number of aliphatic hydroxyl groups is 1. The summed E-state index contributed by atoms with van der Waals surface area (Å²) < 4.78 is 76.8. The fourth-order valence-electron chi connectivity index (χ4n) is 5.47. The van der Waals surface area contributed by atoms with Crippen molar-refractivity contribution >= 4 is 42.7 Å². The lowest BCUT2D eigenvalue weighted by Crippen LogP contribution is -2.36. The Hall–Kier alpha value is -3.63. The Morgan fingerprint density at radius 3 is 2.75 bits per heavy atom. The van der Waals surface area contributed by atoms with Gasteiger partial charge in [-0.2, -0.15) is 9.67 Å². The molecule has 0 aliphatic carbocycles. The summed E-state index contributed by atoms with van der Waals surface area (Å²) in [6.07, 6.45) is -10.8. The number of halogens is 3. The fraction of sp³-hybridized carbons (Fsp3) is 0.571. The lowest BCUT2D eigenvalue weighted by atomic mass is 9.92. The van der Waals surface area contributed by atoms with Gasteiger partial charge in [0.1, 0.15) is 12.4 Å². The second kappa shape index (κ2) is 10.8. The number of rotatable bonds is 2. The fourth-order valence-corrected chi connectivity index (χ4v) is 6.23. The summed E-state index contributed by atoms with van der Waals surface area (Å²) in [5.41, 5.74) is 10.4. The zero-order chi connectivity index (χ0) is 30.9. The second-order valence-corrected chi connectivity index (χ2v) is 11.1. The molecule has 4 aromatic heterocycles. The van der Waals surface area contributed by atoms with E-state index in [-0.39, 0.29) is 34.1 Å². The number of ether oxygens (including phenoxy) is 3. The minimum absolute atomic E-state index is 0.0136. The van der Waals surface area contributed by atoms with Crippen LogP contribution in [-0.4, -0.2) is 98.0 Å². The van der Waals surface area contributed by atoms with E-state index < -0.39 is 88.9 Å². The van der Waals surface area contributed by atoms with Crippen LogP contribution in [0, 0.1) is 5.92 Å². The summed E-state index contributed by atoms with van der Waals surface area (Å²) in [5, 5.41) is 18.1. The summed E-state index contributed by atoms with van der Waals surface area (Å²) in [6, 6.07) is 0. The molecule has 7 rings (SSSR count). The molecular weight excluding hydrogens is 622 g/mol. The minimum Gasteiger partial charge on any atom is -0.382 e. The van der Waals surface area contributed by atoms with Gasteiger partial charge in [-0.1, -0.05) is 5.21 Å². The number of alkyl halides is 3. The molecule has 3 unspecified atom stereocenters. The molecular formula is C21H23F3N11O8P. The topological polar surface area (TPSA) is 259 Å². The van der Waals surface area contributed by atoms with Gasteiger partial charge >= 0.3 is 8.60 Å². The number of fused-ring (bicyclic) bond motifs is 5. The summed E-state index contributed by atoms with van der Waals surface area (Å²) in [5.74, 6) is -5.57. The standard InChI is InChI=1S/C21H23F3N11O8P/c22-9-12-17(34-5-29-11-15(34)30-20(26)31-16(11)37)42-18(9)41-8(36)2-1-6-7(3-39-44(38)43-12)40-19(21(6,23)24)35-14-10(32-33-35)13(25)27-4-28-14/h4-9,12,17-19,36,38H,1-3H2,(H2,25,27,28)(H3,26,30,31,37)/t6-,7-,8?,9+,12-,17-,18?,19-,44?/m1/s1. The van der Waals surface area contributed by atoms with Crippen molar-refractivity contribution in [2.24, 2.45) is 5.92 Å². The first-order chi connectivity index (χ1) is 21.0. The summed E-state index contributed by atoms with van der Waals surface area (Å²) in [4.78, 5) is 40.8. The Morgan fingerprint density at radius 1 is 1.11 bits per heavy atom. The first-order valence-electron chi connectivity index (χ1n) is 13.0. The Balaban J connectivity index is 1.17. The smallest absolute Gasteiger partial charge is 0.330 e. The number of imidazole rings is 1. The van der Waals surface area contributed by atoms with E-state index in [1.807, 2.05) is 0 Å². The van der Waals surface area contributed by atoms with Crippen LogP contribution in [-0.2, 0) is 23.3 Å². The first kappa shape index (κ1) is 29.1. The molecule has 3 saturated heterocycles. The predicted molar refractivity (Wildman–Crippen MR) is 138 cm³/mol. The Morgan fingerprint density at radius 2 is 1.93 bits per heavy atom. The molecule has 4 aromatic rings. The van der Waals surface area contributed by atoms with Crippen LogP contribution in [0.15, 0.2) is 17.4 Å². The van der Waals surface area contributed by atoms with Gasteiger partial charge in [0.05, 0.1) is 25.0 Å². The van der Waals surface area contributed by atoms with Gasteiger partial charge in [0, 0.05) is 0 Å². The van der Waals surface area contributed by atoms with Crippen molar-refractivity contribution < 1.29 is 46.4 Å². The molecule has 0 amide bonds. The highest BCUT2D eigenvalue weighted by Gasteiger charge is 2.61. The van der Waals surface area contributed by atoms with E-state index in [1.54, 1.807) is 0 Å². The van der Waals surface area contributed by atoms with E-state index >= 15 is 13.2 Å². The number of aromatic nitrogens is 9. The normalized spacial score (nSPS) is 34.4. The Bertz CT molecular complexity index is 1760. The Labute approximate surface area is 243 Å². The van der Waals surface area contributed by atoms with Crippen molar-refractivity contribution in [2.45, 2.75) is 62.2 Å². The molecule has 7 N–H and O–H groups in total. The average Bonchev–Trinajstić information content (AvgIpc) is 3.71. The van der Waals surface area contributed by atoms with E-state index in [2.05, 4.69) is 35.2 Å². The number of H-pyrrole nitrogens is 1. The number of anilines is 2. The zero-order valence-electron chi connectivity index (χ0n) is 22.1. The SMILES string of the molecule is Nc1nc2c(ncn2[C@@H]2OC3OC(O)CC[C@@H]4[C@@H](COP(O)O[C@@H]2[C@@H]3F)O[C@@H](n2nnc3c(N)ncnc32)C4(F)F)c(=O)[nH]1. The summed E-state index contributed by atoms with van der Waals surface area (Å²) >= 11 is 0. The lowest BCUT2D eigenvalue weighted by molar-refractivity contribution is -0.244. The zero-order valence-corrected chi connectivity index (χ0v) is 22.9. The van der Waals surface area contributed by atoms with Crippen LogP contribution in [0.2, 0.25) is 0 Å². The van der Waals surface area contributed by atoms with Crippen molar-refractivity contribution in [3.63, 3.8) is 0 Å². The second-order valence-electron chi connectivity index (χ2n) is 10.2. The van der Waals surface area contributed by atoms with Crippen molar-refractivity contribution in [3.8, 4) is 0 Å². The van der Waals surface area contributed by atoms with Gasteiger partial charge in [-0.05, 0) is 12.8 Å². The molecule has 0 spiro atoms. The van der Waals surface area contributed by atoms with Gasteiger partial charge in [-0.15, -0.1) is 5.10 Å². The molecule has 3 fully saturated rings. The van der Waals surface area contributed by atoms with E-state index in [1.165, 1.54) is 0 Å². The summed E-state index contributed by atoms with van der Waals surface area (Å²) in [7, 11) is -2.94. The molecule has 236 valence electrons. The molecule has 7 heterocycles. The average molecular weight is 645 g/mol. The van der Waals surface area contributed by atoms with Gasteiger partial charge in [-0.3, -0.25) is 14.3 Å². The van der Waals surface area contributed by atoms with E-state index in [4.69, 9.17) is 34.7 Å². The molecule has 2 bridgehead atoms. The van der Waals surface area contributed by atoms with Gasteiger partial charge < -0.3 is 44.7 Å². The van der Waals surface area contributed by atoms with Crippen molar-refractivity contribution in [1.82, 2.24) is 44.5 Å².